The molecule has 0 atom stereocenters. The normalized spacial score (nSPS) is 12.2. The van der Waals surface area contributed by atoms with Crippen molar-refractivity contribution in [2.24, 2.45) is 7.05 Å². The van der Waals surface area contributed by atoms with Gasteiger partial charge in [0.2, 0.25) is 10.0 Å². The Labute approximate surface area is 127 Å². The molecule has 110 valence electrons. The predicted molar refractivity (Wildman–Crippen MR) is 80.5 cm³/mol. The fraction of sp³-hybridized carbons (Fsp3) is 0.417. The van der Waals surface area contributed by atoms with E-state index in [1.54, 1.807) is 30.9 Å². The highest BCUT2D eigenvalue weighted by Crippen LogP contribution is 2.30. The van der Waals surface area contributed by atoms with Gasteiger partial charge in [0.15, 0.2) is 0 Å². The second-order valence-corrected chi connectivity index (χ2v) is 7.73. The molecule has 0 unspecified atom stereocenters. The molecule has 0 saturated carbocycles. The molecular formula is C12H16ClN3O2S2. The minimum atomic E-state index is -3.56. The summed E-state index contributed by atoms with van der Waals surface area (Å²) in [6.45, 7) is 2.01. The average Bonchev–Trinajstić information content (AvgIpc) is 2.96. The van der Waals surface area contributed by atoms with Gasteiger partial charge in [0, 0.05) is 31.4 Å². The lowest BCUT2D eigenvalue weighted by Crippen LogP contribution is -2.28. The first-order valence-corrected chi connectivity index (χ1v) is 8.78. The molecule has 0 bridgehead atoms. The first-order valence-electron chi connectivity index (χ1n) is 5.93. The van der Waals surface area contributed by atoms with Crippen LogP contribution in [0.25, 0.3) is 0 Å². The molecule has 0 fully saturated rings. The summed E-state index contributed by atoms with van der Waals surface area (Å²) in [5.41, 5.74) is 0.734. The summed E-state index contributed by atoms with van der Waals surface area (Å²) in [7, 11) is -0.165. The number of halogens is 1. The van der Waals surface area contributed by atoms with Gasteiger partial charge in [-0.05, 0) is 17.9 Å². The largest absolute Gasteiger partial charge is 0.337 e. The van der Waals surface area contributed by atoms with Crippen LogP contribution >= 0.6 is 22.9 Å². The van der Waals surface area contributed by atoms with Crippen molar-refractivity contribution in [3.63, 3.8) is 0 Å². The molecule has 5 nitrogen and oxygen atoms in total. The standard InChI is InChI=1S/C12H16ClN3O2S2/c1-9-8-19-10(6-13)12(9)20(17,18)16(3)7-11-14-4-5-15(11)2/h4-5,8H,6-7H2,1-3H3. The number of sulfonamides is 1. The fourth-order valence-corrected chi connectivity index (χ4v) is 5.04. The number of nitrogens with zero attached hydrogens (tertiary/aromatic N) is 3. The lowest BCUT2D eigenvalue weighted by atomic mass is 10.3. The van der Waals surface area contributed by atoms with Crippen molar-refractivity contribution in [2.45, 2.75) is 24.2 Å². The molecule has 0 saturated heterocycles. The second kappa shape index (κ2) is 5.85. The number of imidazole rings is 1. The number of hydrogen-bond acceptors (Lipinski definition) is 4. The Kier molecular flexibility index (Phi) is 4.53. The van der Waals surface area contributed by atoms with Crippen LogP contribution in [0.5, 0.6) is 0 Å². The van der Waals surface area contributed by atoms with Crippen molar-refractivity contribution >= 4 is 33.0 Å². The van der Waals surface area contributed by atoms with Crippen molar-refractivity contribution in [3.05, 3.63) is 34.0 Å². The summed E-state index contributed by atoms with van der Waals surface area (Å²) in [4.78, 5) is 5.15. The lowest BCUT2D eigenvalue weighted by Gasteiger charge is -2.17. The van der Waals surface area contributed by atoms with E-state index in [4.69, 9.17) is 11.6 Å². The molecule has 2 heterocycles. The Balaban J connectivity index is 2.35. The van der Waals surface area contributed by atoms with Gasteiger partial charge in [0.1, 0.15) is 10.7 Å². The summed E-state index contributed by atoms with van der Waals surface area (Å²) in [6.07, 6.45) is 3.44. The molecule has 2 aromatic heterocycles. The Morgan fingerprint density at radius 3 is 2.75 bits per heavy atom. The molecule has 0 radical (unpaired) electrons. The zero-order chi connectivity index (χ0) is 14.9. The SMILES string of the molecule is Cc1csc(CCl)c1S(=O)(=O)N(C)Cc1nccn1C. The molecule has 2 rings (SSSR count). The quantitative estimate of drug-likeness (QED) is 0.789. The number of aromatic nitrogens is 2. The van der Waals surface area contributed by atoms with Crippen LogP contribution in [0.3, 0.4) is 0 Å². The first kappa shape index (κ1) is 15.5. The van der Waals surface area contributed by atoms with Gasteiger partial charge >= 0.3 is 0 Å². The monoisotopic (exact) mass is 333 g/mol. The molecule has 0 aliphatic rings. The Bertz CT molecular complexity index is 706. The molecule has 0 N–H and O–H groups in total. The fourth-order valence-electron chi connectivity index (χ4n) is 1.91. The van der Waals surface area contributed by atoms with Crippen LogP contribution in [-0.2, 0) is 29.5 Å². The molecule has 0 aliphatic heterocycles. The van der Waals surface area contributed by atoms with Crippen molar-refractivity contribution in [2.75, 3.05) is 7.05 Å². The molecule has 0 aliphatic carbocycles. The van der Waals surface area contributed by atoms with Crippen LogP contribution in [-0.4, -0.2) is 29.3 Å². The van der Waals surface area contributed by atoms with Crippen molar-refractivity contribution in [1.29, 1.82) is 0 Å². The van der Waals surface area contributed by atoms with E-state index in [1.807, 2.05) is 12.4 Å². The summed E-state index contributed by atoms with van der Waals surface area (Å²) in [6, 6.07) is 0. The number of rotatable bonds is 5. The third-order valence-corrected chi connectivity index (χ3v) is 6.76. The van der Waals surface area contributed by atoms with Crippen LogP contribution < -0.4 is 0 Å². The van der Waals surface area contributed by atoms with Crippen LogP contribution in [0.4, 0.5) is 0 Å². The first-order chi connectivity index (χ1) is 9.37. The Morgan fingerprint density at radius 1 is 1.50 bits per heavy atom. The van der Waals surface area contributed by atoms with Crippen LogP contribution in [0.2, 0.25) is 0 Å². The van der Waals surface area contributed by atoms with E-state index in [-0.39, 0.29) is 12.4 Å². The van der Waals surface area contributed by atoms with E-state index in [2.05, 4.69) is 4.98 Å². The molecular weight excluding hydrogens is 318 g/mol. The average molecular weight is 334 g/mol. The van der Waals surface area contributed by atoms with Gasteiger partial charge in [-0.1, -0.05) is 0 Å². The molecule has 20 heavy (non-hydrogen) atoms. The molecule has 0 aromatic carbocycles. The highest BCUT2D eigenvalue weighted by molar-refractivity contribution is 7.89. The molecule has 0 spiro atoms. The van der Waals surface area contributed by atoms with Gasteiger partial charge in [-0.15, -0.1) is 22.9 Å². The third kappa shape index (κ3) is 2.76. The van der Waals surface area contributed by atoms with E-state index in [0.717, 1.165) is 5.56 Å². The van der Waals surface area contributed by atoms with Crippen molar-refractivity contribution in [1.82, 2.24) is 13.9 Å². The number of aryl methyl sites for hydroxylation is 2. The highest BCUT2D eigenvalue weighted by atomic mass is 35.5. The third-order valence-electron chi connectivity index (χ3n) is 3.06. The van der Waals surface area contributed by atoms with E-state index >= 15 is 0 Å². The van der Waals surface area contributed by atoms with Gasteiger partial charge in [-0.2, -0.15) is 4.31 Å². The zero-order valence-corrected chi connectivity index (χ0v) is 13.9. The smallest absolute Gasteiger partial charge is 0.244 e. The molecule has 0 amide bonds. The van der Waals surface area contributed by atoms with Crippen LogP contribution in [0, 0.1) is 6.92 Å². The van der Waals surface area contributed by atoms with Gasteiger partial charge in [0.05, 0.1) is 12.4 Å². The predicted octanol–water partition coefficient (Wildman–Crippen LogP) is 2.35. The number of alkyl halides is 1. The van der Waals surface area contributed by atoms with E-state index in [1.165, 1.54) is 15.6 Å². The molecule has 8 heteroatoms. The van der Waals surface area contributed by atoms with Gasteiger partial charge in [0.25, 0.3) is 0 Å². The minimum absolute atomic E-state index is 0.198. The summed E-state index contributed by atoms with van der Waals surface area (Å²) < 4.78 is 28.4. The number of hydrogen-bond donors (Lipinski definition) is 0. The van der Waals surface area contributed by atoms with E-state index in [0.29, 0.717) is 15.6 Å². The maximum Gasteiger partial charge on any atom is 0.244 e. The summed E-state index contributed by atoms with van der Waals surface area (Å²) in [5, 5.41) is 1.82. The van der Waals surface area contributed by atoms with E-state index in [9.17, 15) is 8.42 Å². The zero-order valence-electron chi connectivity index (χ0n) is 11.5. The van der Waals surface area contributed by atoms with Gasteiger partial charge in [-0.3, -0.25) is 0 Å². The summed E-state index contributed by atoms with van der Waals surface area (Å²) >= 11 is 7.21. The number of thiophene rings is 1. The maximum absolute atomic E-state index is 12.7. The van der Waals surface area contributed by atoms with Crippen LogP contribution in [0.1, 0.15) is 16.3 Å². The van der Waals surface area contributed by atoms with Crippen molar-refractivity contribution < 1.29 is 8.42 Å². The van der Waals surface area contributed by atoms with Crippen molar-refractivity contribution in [3.8, 4) is 0 Å². The Hall–Kier alpha value is -0.890. The van der Waals surface area contributed by atoms with Gasteiger partial charge < -0.3 is 4.57 Å². The summed E-state index contributed by atoms with van der Waals surface area (Å²) in [5.74, 6) is 0.889. The lowest BCUT2D eigenvalue weighted by molar-refractivity contribution is 0.450. The highest BCUT2D eigenvalue weighted by Gasteiger charge is 2.27. The minimum Gasteiger partial charge on any atom is -0.337 e. The topological polar surface area (TPSA) is 55.2 Å². The maximum atomic E-state index is 12.7. The van der Waals surface area contributed by atoms with Crippen LogP contribution in [0.15, 0.2) is 22.7 Å². The second-order valence-electron chi connectivity index (χ2n) is 4.52. The Morgan fingerprint density at radius 2 is 2.20 bits per heavy atom. The van der Waals surface area contributed by atoms with E-state index < -0.39 is 10.0 Å². The van der Waals surface area contributed by atoms with Gasteiger partial charge in [-0.25, -0.2) is 13.4 Å². The molecule has 2 aromatic rings.